The van der Waals surface area contributed by atoms with Crippen LogP contribution >= 0.6 is 0 Å². The fraction of sp³-hybridized carbons (Fsp3) is 1.00. The molecule has 0 aromatic rings. The number of alkyl halides is 1. The highest BCUT2D eigenvalue weighted by atomic mass is 19.1. The molecule has 0 spiro atoms. The molecule has 1 saturated heterocycles. The predicted molar refractivity (Wildman–Crippen MR) is 31.4 cm³/mol. The molecule has 0 N–H and O–H groups in total. The predicted octanol–water partition coefficient (Wildman–Crippen LogP) is 1.40. The van der Waals surface area contributed by atoms with Gasteiger partial charge in [0.25, 0.3) is 0 Å². The quantitative estimate of drug-likeness (QED) is 0.469. The lowest BCUT2D eigenvalue weighted by Gasteiger charge is -2.14. The molecule has 1 heterocycles. The van der Waals surface area contributed by atoms with Crippen LogP contribution in [-0.2, 0) is 0 Å². The van der Waals surface area contributed by atoms with E-state index in [-0.39, 0.29) is 6.80 Å². The van der Waals surface area contributed by atoms with Crippen LogP contribution < -0.4 is 0 Å². The monoisotopic (exact) mass is 117 g/mol. The third-order valence-electron chi connectivity index (χ3n) is 1.84. The van der Waals surface area contributed by atoms with Gasteiger partial charge in [-0.05, 0) is 19.8 Å². The van der Waals surface area contributed by atoms with Gasteiger partial charge < -0.3 is 0 Å². The molecular formula is C6H12FN. The lowest BCUT2D eigenvalue weighted by Crippen LogP contribution is -2.25. The highest BCUT2D eigenvalue weighted by Crippen LogP contribution is 2.15. The van der Waals surface area contributed by atoms with Crippen molar-refractivity contribution in [3.8, 4) is 0 Å². The Bertz CT molecular complexity index is 74.9. The second-order valence-electron chi connectivity index (χ2n) is 2.42. The van der Waals surface area contributed by atoms with E-state index >= 15 is 0 Å². The molecule has 1 aliphatic rings. The van der Waals surface area contributed by atoms with E-state index in [0.29, 0.717) is 6.04 Å². The summed E-state index contributed by atoms with van der Waals surface area (Å²) in [6.07, 6.45) is 2.34. The average Bonchev–Trinajstić information content (AvgIpc) is 2.14. The van der Waals surface area contributed by atoms with E-state index in [4.69, 9.17) is 0 Å². The first-order valence-corrected chi connectivity index (χ1v) is 3.14. The van der Waals surface area contributed by atoms with Crippen molar-refractivity contribution in [2.45, 2.75) is 25.8 Å². The summed E-state index contributed by atoms with van der Waals surface area (Å²) in [5, 5.41) is 0. The van der Waals surface area contributed by atoms with Crippen molar-refractivity contribution in [2.24, 2.45) is 0 Å². The van der Waals surface area contributed by atoms with Gasteiger partial charge in [0.05, 0.1) is 0 Å². The minimum absolute atomic E-state index is 0.263. The SMILES string of the molecule is C[C@H]1CCCN1CF. The lowest BCUT2D eigenvalue weighted by atomic mass is 10.2. The molecule has 0 unspecified atom stereocenters. The maximum Gasteiger partial charge on any atom is 0.143 e. The molecule has 0 aromatic heterocycles. The van der Waals surface area contributed by atoms with E-state index < -0.39 is 0 Å². The lowest BCUT2D eigenvalue weighted by molar-refractivity contribution is 0.180. The zero-order valence-electron chi connectivity index (χ0n) is 5.23. The third kappa shape index (κ3) is 0.996. The number of hydrogen-bond acceptors (Lipinski definition) is 1. The largest absolute Gasteiger partial charge is 0.274 e. The maximum atomic E-state index is 11.9. The van der Waals surface area contributed by atoms with E-state index in [0.717, 1.165) is 6.54 Å². The van der Waals surface area contributed by atoms with Crippen LogP contribution in [-0.4, -0.2) is 24.3 Å². The fourth-order valence-corrected chi connectivity index (χ4v) is 1.17. The normalized spacial score (nSPS) is 31.5. The zero-order chi connectivity index (χ0) is 5.98. The first-order chi connectivity index (χ1) is 3.84. The molecule has 2 heteroatoms. The van der Waals surface area contributed by atoms with Crippen LogP contribution in [0, 0.1) is 0 Å². The van der Waals surface area contributed by atoms with E-state index in [1.54, 1.807) is 0 Å². The summed E-state index contributed by atoms with van der Waals surface area (Å²) in [5.74, 6) is 0. The zero-order valence-corrected chi connectivity index (χ0v) is 5.23. The van der Waals surface area contributed by atoms with Crippen LogP contribution in [0.5, 0.6) is 0 Å². The Kier molecular flexibility index (Phi) is 1.84. The molecule has 0 saturated carbocycles. The summed E-state index contributed by atoms with van der Waals surface area (Å²) >= 11 is 0. The van der Waals surface area contributed by atoms with Gasteiger partial charge in [-0.25, -0.2) is 4.39 Å². The van der Waals surface area contributed by atoms with Gasteiger partial charge in [-0.1, -0.05) is 0 Å². The number of hydrogen-bond donors (Lipinski definition) is 0. The van der Waals surface area contributed by atoms with Gasteiger partial charge >= 0.3 is 0 Å². The molecule has 1 aliphatic heterocycles. The Labute approximate surface area is 49.5 Å². The van der Waals surface area contributed by atoms with Crippen molar-refractivity contribution in [1.29, 1.82) is 0 Å². The standard InChI is InChI=1S/C6H12FN/c1-6-3-2-4-8(6)5-7/h6H,2-5H2,1H3/t6-/m0/s1. The van der Waals surface area contributed by atoms with Crippen LogP contribution in [0.4, 0.5) is 4.39 Å². The molecule has 1 rings (SSSR count). The topological polar surface area (TPSA) is 3.24 Å². The van der Waals surface area contributed by atoms with Gasteiger partial charge in [0, 0.05) is 12.6 Å². The van der Waals surface area contributed by atoms with Crippen molar-refractivity contribution in [3.05, 3.63) is 0 Å². The van der Waals surface area contributed by atoms with E-state index in [2.05, 4.69) is 6.92 Å². The number of nitrogens with zero attached hydrogens (tertiary/aromatic N) is 1. The fourth-order valence-electron chi connectivity index (χ4n) is 1.17. The summed E-state index contributed by atoms with van der Waals surface area (Å²) in [5.41, 5.74) is 0. The van der Waals surface area contributed by atoms with Crippen LogP contribution in [0.15, 0.2) is 0 Å². The van der Waals surface area contributed by atoms with Gasteiger partial charge in [-0.15, -0.1) is 0 Å². The molecule has 8 heavy (non-hydrogen) atoms. The Morgan fingerprint density at radius 3 is 2.75 bits per heavy atom. The smallest absolute Gasteiger partial charge is 0.143 e. The molecule has 0 bridgehead atoms. The van der Waals surface area contributed by atoms with Crippen molar-refractivity contribution in [3.63, 3.8) is 0 Å². The van der Waals surface area contributed by atoms with Crippen molar-refractivity contribution in [2.75, 3.05) is 13.3 Å². The van der Waals surface area contributed by atoms with Gasteiger partial charge in [0.15, 0.2) is 0 Å². The minimum atomic E-state index is -0.263. The Morgan fingerprint density at radius 2 is 2.50 bits per heavy atom. The molecule has 0 amide bonds. The summed E-state index contributed by atoms with van der Waals surface area (Å²) in [4.78, 5) is 1.86. The molecule has 48 valence electrons. The minimum Gasteiger partial charge on any atom is -0.274 e. The number of halogens is 1. The first-order valence-electron chi connectivity index (χ1n) is 3.14. The van der Waals surface area contributed by atoms with E-state index in [1.165, 1.54) is 12.8 Å². The summed E-state index contributed by atoms with van der Waals surface area (Å²) in [6, 6.07) is 0.486. The van der Waals surface area contributed by atoms with E-state index in [9.17, 15) is 4.39 Å². The number of rotatable bonds is 1. The molecule has 1 fully saturated rings. The summed E-state index contributed by atoms with van der Waals surface area (Å²) in [7, 11) is 0. The van der Waals surface area contributed by atoms with Crippen LogP contribution in [0.25, 0.3) is 0 Å². The third-order valence-corrected chi connectivity index (χ3v) is 1.84. The second kappa shape index (κ2) is 2.44. The van der Waals surface area contributed by atoms with Gasteiger partial charge in [0.1, 0.15) is 6.80 Å². The van der Waals surface area contributed by atoms with Crippen molar-refractivity contribution in [1.82, 2.24) is 4.90 Å². The number of likely N-dealkylation sites (tertiary alicyclic amines) is 1. The highest BCUT2D eigenvalue weighted by Gasteiger charge is 2.18. The van der Waals surface area contributed by atoms with Crippen molar-refractivity contribution >= 4 is 0 Å². The molecule has 0 radical (unpaired) electrons. The average molecular weight is 117 g/mol. The molecular weight excluding hydrogens is 105 g/mol. The summed E-state index contributed by atoms with van der Waals surface area (Å²) < 4.78 is 11.9. The summed E-state index contributed by atoms with van der Waals surface area (Å²) in [6.45, 7) is 2.77. The molecule has 0 aliphatic carbocycles. The second-order valence-corrected chi connectivity index (χ2v) is 2.42. The highest BCUT2D eigenvalue weighted by molar-refractivity contribution is 4.71. The van der Waals surface area contributed by atoms with Crippen LogP contribution in [0.3, 0.4) is 0 Å². The van der Waals surface area contributed by atoms with Crippen LogP contribution in [0.2, 0.25) is 0 Å². The Balaban J connectivity index is 2.30. The maximum absolute atomic E-state index is 11.9. The van der Waals surface area contributed by atoms with Crippen LogP contribution in [0.1, 0.15) is 19.8 Å². The molecule has 1 nitrogen and oxygen atoms in total. The van der Waals surface area contributed by atoms with E-state index in [1.807, 2.05) is 4.90 Å². The Morgan fingerprint density at radius 1 is 1.75 bits per heavy atom. The molecule has 0 aromatic carbocycles. The molecule has 1 atom stereocenters. The van der Waals surface area contributed by atoms with Gasteiger partial charge in [0.2, 0.25) is 0 Å². The van der Waals surface area contributed by atoms with Gasteiger partial charge in [-0.3, -0.25) is 4.90 Å². The van der Waals surface area contributed by atoms with Crippen molar-refractivity contribution < 1.29 is 4.39 Å². The first kappa shape index (κ1) is 6.02. The van der Waals surface area contributed by atoms with Gasteiger partial charge in [-0.2, -0.15) is 0 Å². The Hall–Kier alpha value is -0.110.